The summed E-state index contributed by atoms with van der Waals surface area (Å²) in [7, 11) is 0. The summed E-state index contributed by atoms with van der Waals surface area (Å²) in [6, 6.07) is 0. The molecule has 208 valence electrons. The number of unbranched alkanes of at least 4 members (excludes halogenated alkanes) is 12. The Balaban J connectivity index is 0. The highest BCUT2D eigenvalue weighted by molar-refractivity contribution is 5.66. The first-order valence-corrected chi connectivity index (χ1v) is 14.4. The van der Waals surface area contributed by atoms with Crippen LogP contribution in [0.25, 0.3) is 0 Å². The Labute approximate surface area is 223 Å². The van der Waals surface area contributed by atoms with E-state index < -0.39 is 0 Å². The van der Waals surface area contributed by atoms with Crippen molar-refractivity contribution in [3.63, 3.8) is 0 Å². The minimum Gasteiger partial charge on any atom is -0.466 e. The number of hydrogen-bond acceptors (Lipinski definition) is 4. The van der Waals surface area contributed by atoms with E-state index in [-0.39, 0.29) is 11.9 Å². The summed E-state index contributed by atoms with van der Waals surface area (Å²) in [5.41, 5.74) is 0. The first-order chi connectivity index (χ1) is 17.5. The number of rotatable bonds is 22. The Morgan fingerprint density at radius 3 is 1.25 bits per heavy atom. The van der Waals surface area contributed by atoms with Crippen LogP contribution in [0.5, 0.6) is 0 Å². The Hall–Kier alpha value is -2.10. The molecule has 0 aliphatic heterocycles. The van der Waals surface area contributed by atoms with Gasteiger partial charge in [0.05, 0.1) is 13.2 Å². The molecule has 0 aromatic heterocycles. The van der Waals surface area contributed by atoms with E-state index in [4.69, 9.17) is 9.47 Å². The smallest absolute Gasteiger partial charge is 0.302 e. The van der Waals surface area contributed by atoms with Crippen molar-refractivity contribution in [2.75, 3.05) is 13.2 Å². The topological polar surface area (TPSA) is 52.6 Å². The van der Waals surface area contributed by atoms with Gasteiger partial charge in [0.25, 0.3) is 0 Å². The van der Waals surface area contributed by atoms with Crippen molar-refractivity contribution in [3.8, 4) is 0 Å². The zero-order chi connectivity index (χ0) is 27.0. The van der Waals surface area contributed by atoms with Crippen LogP contribution in [0.2, 0.25) is 0 Å². The van der Waals surface area contributed by atoms with Crippen LogP contribution in [0.4, 0.5) is 0 Å². The molecule has 0 fully saturated rings. The van der Waals surface area contributed by atoms with Gasteiger partial charge in [0.15, 0.2) is 0 Å². The minimum atomic E-state index is -0.175. The summed E-state index contributed by atoms with van der Waals surface area (Å²) < 4.78 is 9.75. The van der Waals surface area contributed by atoms with Crippen molar-refractivity contribution in [2.45, 2.75) is 130 Å². The third-order valence-corrected chi connectivity index (χ3v) is 5.35. The zero-order valence-electron chi connectivity index (χ0n) is 24.0. The van der Waals surface area contributed by atoms with Crippen LogP contribution >= 0.6 is 0 Å². The Kier molecular flexibility index (Phi) is 33.0. The quantitative estimate of drug-likeness (QED) is 0.0836. The van der Waals surface area contributed by atoms with Crippen LogP contribution in [-0.2, 0) is 19.1 Å². The number of esters is 2. The number of ether oxygens (including phenoxy) is 2. The van der Waals surface area contributed by atoms with Gasteiger partial charge in [-0.1, -0.05) is 114 Å². The van der Waals surface area contributed by atoms with Crippen LogP contribution in [0.15, 0.2) is 48.6 Å². The summed E-state index contributed by atoms with van der Waals surface area (Å²) in [4.78, 5) is 21.0. The minimum absolute atomic E-state index is 0.164. The maximum Gasteiger partial charge on any atom is 0.302 e. The first-order valence-electron chi connectivity index (χ1n) is 14.4. The second kappa shape index (κ2) is 32.9. The second-order valence-corrected chi connectivity index (χ2v) is 9.06. The van der Waals surface area contributed by atoms with Gasteiger partial charge in [0.2, 0.25) is 0 Å². The standard InChI is InChI=1S/C18H32O2.C14H24O2/c1-3-4-5-6-7-8-9-10-11-12-13-14-15-16-17-20-18(2)19;1-3-4-5-6-7-8-9-10-11-12-13-16-14(2)15/h5-8H,3-4,9-17H2,1-2H3;4-7H,3,8-13H2,1-2H3/b6-5+,8-7-;5-4+,7-6-. The third-order valence-electron chi connectivity index (χ3n) is 5.35. The van der Waals surface area contributed by atoms with Gasteiger partial charge < -0.3 is 9.47 Å². The lowest BCUT2D eigenvalue weighted by Gasteiger charge is -2.02. The van der Waals surface area contributed by atoms with E-state index >= 15 is 0 Å². The molecule has 36 heavy (non-hydrogen) atoms. The molecule has 0 N–H and O–H groups in total. The van der Waals surface area contributed by atoms with Crippen molar-refractivity contribution in [1.82, 2.24) is 0 Å². The molecule has 0 aromatic rings. The molecule has 0 amide bonds. The fourth-order valence-electron chi connectivity index (χ4n) is 3.30. The molecule has 0 rings (SSSR count). The Bertz CT molecular complexity index is 587. The number of hydrogen-bond donors (Lipinski definition) is 0. The van der Waals surface area contributed by atoms with Crippen molar-refractivity contribution in [2.24, 2.45) is 0 Å². The van der Waals surface area contributed by atoms with Gasteiger partial charge in [-0.3, -0.25) is 9.59 Å². The van der Waals surface area contributed by atoms with Gasteiger partial charge in [-0.05, 0) is 51.4 Å². The Morgan fingerprint density at radius 2 is 0.861 bits per heavy atom. The average molecular weight is 505 g/mol. The van der Waals surface area contributed by atoms with Crippen LogP contribution in [-0.4, -0.2) is 25.2 Å². The number of carbonyl (C=O) groups is 2. The molecular weight excluding hydrogens is 448 g/mol. The van der Waals surface area contributed by atoms with E-state index in [1.54, 1.807) is 0 Å². The van der Waals surface area contributed by atoms with Crippen LogP contribution in [0.3, 0.4) is 0 Å². The van der Waals surface area contributed by atoms with E-state index in [2.05, 4.69) is 62.5 Å². The number of carbonyl (C=O) groups excluding carboxylic acids is 2. The molecule has 0 saturated carbocycles. The SMILES string of the molecule is CC/C=C/C=C\CCCCCCOC(C)=O.CCC/C=C/C=C\CCCCCCCCCOC(C)=O. The molecule has 0 aliphatic rings. The van der Waals surface area contributed by atoms with Crippen molar-refractivity contribution in [3.05, 3.63) is 48.6 Å². The van der Waals surface area contributed by atoms with Crippen molar-refractivity contribution in [1.29, 1.82) is 0 Å². The molecule has 0 radical (unpaired) electrons. The molecule has 0 spiro atoms. The molecule has 0 atom stereocenters. The van der Waals surface area contributed by atoms with Gasteiger partial charge in [0.1, 0.15) is 0 Å². The maximum atomic E-state index is 10.5. The largest absolute Gasteiger partial charge is 0.466 e. The van der Waals surface area contributed by atoms with Crippen LogP contribution < -0.4 is 0 Å². The van der Waals surface area contributed by atoms with Gasteiger partial charge in [0, 0.05) is 13.8 Å². The third kappa shape index (κ3) is 39.1. The van der Waals surface area contributed by atoms with Crippen LogP contribution in [0, 0.1) is 0 Å². The van der Waals surface area contributed by atoms with Gasteiger partial charge in [-0.25, -0.2) is 0 Å². The highest BCUT2D eigenvalue weighted by atomic mass is 16.5. The van der Waals surface area contributed by atoms with Crippen molar-refractivity contribution >= 4 is 11.9 Å². The molecule has 0 unspecified atom stereocenters. The summed E-state index contributed by atoms with van der Waals surface area (Å²) in [6.07, 6.45) is 36.5. The van der Waals surface area contributed by atoms with E-state index in [0.29, 0.717) is 13.2 Å². The lowest BCUT2D eigenvalue weighted by Crippen LogP contribution is -1.99. The fourth-order valence-corrected chi connectivity index (χ4v) is 3.30. The normalized spacial score (nSPS) is 11.4. The molecule has 4 nitrogen and oxygen atoms in total. The van der Waals surface area contributed by atoms with E-state index in [0.717, 1.165) is 32.1 Å². The monoisotopic (exact) mass is 504 g/mol. The maximum absolute atomic E-state index is 10.5. The lowest BCUT2D eigenvalue weighted by atomic mass is 10.1. The molecule has 0 aliphatic carbocycles. The van der Waals surface area contributed by atoms with E-state index in [1.165, 1.54) is 84.5 Å². The highest BCUT2D eigenvalue weighted by Crippen LogP contribution is 2.09. The summed E-state index contributed by atoms with van der Waals surface area (Å²) in [6.45, 7) is 8.41. The first kappa shape index (κ1) is 36.1. The lowest BCUT2D eigenvalue weighted by molar-refractivity contribution is -0.142. The second-order valence-electron chi connectivity index (χ2n) is 9.06. The molecule has 0 heterocycles. The summed E-state index contributed by atoms with van der Waals surface area (Å²) in [5.74, 6) is -0.340. The zero-order valence-corrected chi connectivity index (χ0v) is 24.0. The summed E-state index contributed by atoms with van der Waals surface area (Å²) >= 11 is 0. The molecule has 0 saturated heterocycles. The average Bonchev–Trinajstić information content (AvgIpc) is 2.85. The Morgan fingerprint density at radius 1 is 0.500 bits per heavy atom. The summed E-state index contributed by atoms with van der Waals surface area (Å²) in [5, 5.41) is 0. The van der Waals surface area contributed by atoms with Crippen LogP contribution in [0.1, 0.15) is 130 Å². The molecule has 0 aromatic carbocycles. The number of allylic oxidation sites excluding steroid dienone is 8. The fraction of sp³-hybridized carbons (Fsp3) is 0.688. The molecule has 4 heteroatoms. The highest BCUT2D eigenvalue weighted by Gasteiger charge is 1.94. The van der Waals surface area contributed by atoms with Gasteiger partial charge in [-0.15, -0.1) is 0 Å². The van der Waals surface area contributed by atoms with E-state index in [9.17, 15) is 9.59 Å². The molecular formula is C32H56O4. The predicted molar refractivity (Wildman–Crippen MR) is 155 cm³/mol. The van der Waals surface area contributed by atoms with Gasteiger partial charge >= 0.3 is 11.9 Å². The van der Waals surface area contributed by atoms with Crippen molar-refractivity contribution < 1.29 is 19.1 Å². The van der Waals surface area contributed by atoms with Gasteiger partial charge in [-0.2, -0.15) is 0 Å². The molecule has 0 bridgehead atoms. The van der Waals surface area contributed by atoms with E-state index in [1.807, 2.05) is 0 Å². The predicted octanol–water partition coefficient (Wildman–Crippen LogP) is 9.61.